The van der Waals surface area contributed by atoms with Gasteiger partial charge in [-0.05, 0) is 48.1 Å². The van der Waals surface area contributed by atoms with Crippen LogP contribution < -0.4 is 10.1 Å². The Bertz CT molecular complexity index is 606. The molecule has 110 valence electrons. The number of rotatable bonds is 5. The average molecular weight is 281 g/mol. The zero-order chi connectivity index (χ0) is 14.5. The van der Waals surface area contributed by atoms with Crippen LogP contribution >= 0.6 is 0 Å². The molecule has 2 aromatic carbocycles. The third kappa shape index (κ3) is 3.38. The number of benzene rings is 2. The molecule has 0 unspecified atom stereocenters. The number of ether oxygens (including phenoxy) is 1. The van der Waals surface area contributed by atoms with Crippen LogP contribution in [0, 0.1) is 0 Å². The summed E-state index contributed by atoms with van der Waals surface area (Å²) in [7, 11) is 0. The van der Waals surface area contributed by atoms with Crippen molar-refractivity contribution < 1.29 is 4.74 Å². The van der Waals surface area contributed by atoms with Gasteiger partial charge in [-0.3, -0.25) is 0 Å². The van der Waals surface area contributed by atoms with E-state index in [0.29, 0.717) is 0 Å². The molecule has 2 nitrogen and oxygen atoms in total. The summed E-state index contributed by atoms with van der Waals surface area (Å²) in [5.41, 5.74) is 5.39. The second-order valence-corrected chi connectivity index (χ2v) is 5.65. The van der Waals surface area contributed by atoms with E-state index >= 15 is 0 Å². The zero-order valence-electron chi connectivity index (χ0n) is 12.7. The lowest BCUT2D eigenvalue weighted by atomic mass is 9.97. The molecule has 1 heterocycles. The van der Waals surface area contributed by atoms with Crippen molar-refractivity contribution in [2.24, 2.45) is 0 Å². The van der Waals surface area contributed by atoms with Crippen LogP contribution in [0.25, 0.3) is 0 Å². The fourth-order valence-corrected chi connectivity index (χ4v) is 2.86. The van der Waals surface area contributed by atoms with Crippen LogP contribution in [0.15, 0.2) is 42.5 Å². The monoisotopic (exact) mass is 281 g/mol. The third-order valence-electron chi connectivity index (χ3n) is 3.94. The number of nitrogens with one attached hydrogen (secondary N) is 1. The highest BCUT2D eigenvalue weighted by molar-refractivity contribution is 5.55. The van der Waals surface area contributed by atoms with Gasteiger partial charge in [0.15, 0.2) is 0 Å². The summed E-state index contributed by atoms with van der Waals surface area (Å²) in [4.78, 5) is 0. The van der Waals surface area contributed by atoms with Crippen molar-refractivity contribution >= 4 is 5.69 Å². The Balaban J connectivity index is 1.80. The molecule has 0 aliphatic carbocycles. The van der Waals surface area contributed by atoms with Gasteiger partial charge in [0.25, 0.3) is 0 Å². The molecule has 0 spiro atoms. The summed E-state index contributed by atoms with van der Waals surface area (Å²) < 4.78 is 5.86. The van der Waals surface area contributed by atoms with E-state index in [2.05, 4.69) is 48.6 Å². The lowest BCUT2D eigenvalue weighted by molar-refractivity contribution is 0.314. The maximum Gasteiger partial charge on any atom is 0.122 e. The predicted octanol–water partition coefficient (Wildman–Crippen LogP) is 4.42. The summed E-state index contributed by atoms with van der Waals surface area (Å²) >= 11 is 0. The molecule has 0 radical (unpaired) electrons. The number of hydrogen-bond donors (Lipinski definition) is 1. The van der Waals surface area contributed by atoms with E-state index in [-0.39, 0.29) is 0 Å². The highest BCUT2D eigenvalue weighted by Gasteiger charge is 2.10. The second kappa shape index (κ2) is 6.66. The van der Waals surface area contributed by atoms with Crippen molar-refractivity contribution in [2.45, 2.75) is 32.6 Å². The summed E-state index contributed by atoms with van der Waals surface area (Å²) in [5.74, 6) is 1.02. The second-order valence-electron chi connectivity index (χ2n) is 5.65. The molecule has 0 bridgehead atoms. The van der Waals surface area contributed by atoms with Gasteiger partial charge >= 0.3 is 0 Å². The van der Waals surface area contributed by atoms with Crippen LogP contribution in [0.4, 0.5) is 5.69 Å². The molecule has 0 aromatic heterocycles. The quantitative estimate of drug-likeness (QED) is 0.875. The lowest BCUT2D eigenvalue weighted by Crippen LogP contribution is -2.11. The summed E-state index contributed by atoms with van der Waals surface area (Å²) in [5, 5.41) is 3.47. The molecule has 1 aliphatic rings. The maximum absolute atomic E-state index is 5.86. The first kappa shape index (κ1) is 14.0. The highest BCUT2D eigenvalue weighted by atomic mass is 16.5. The van der Waals surface area contributed by atoms with E-state index in [1.165, 1.54) is 35.2 Å². The Hall–Kier alpha value is -1.96. The predicted molar refractivity (Wildman–Crippen MR) is 88.3 cm³/mol. The first-order valence-corrected chi connectivity index (χ1v) is 7.93. The zero-order valence-corrected chi connectivity index (χ0v) is 12.7. The molecule has 0 saturated carbocycles. The number of fused-ring (bicyclic) bond motifs is 1. The standard InChI is InChI=1S/C19H23NO/c1-2-12-21-19-8-4-3-6-17(19)14-15-9-10-18-16(13-15)7-5-11-20-18/h3-4,6,8-10,13,20H,2,5,7,11-12,14H2,1H3. The molecule has 1 aliphatic heterocycles. The molecule has 0 fully saturated rings. The van der Waals surface area contributed by atoms with Crippen molar-refractivity contribution in [3.05, 3.63) is 59.2 Å². The normalized spacial score (nSPS) is 13.4. The van der Waals surface area contributed by atoms with Gasteiger partial charge in [0.1, 0.15) is 5.75 Å². The topological polar surface area (TPSA) is 21.3 Å². The van der Waals surface area contributed by atoms with Crippen LogP contribution in [0.3, 0.4) is 0 Å². The van der Waals surface area contributed by atoms with Crippen LogP contribution in [-0.4, -0.2) is 13.2 Å². The summed E-state index contributed by atoms with van der Waals surface area (Å²) in [6, 6.07) is 15.2. The van der Waals surface area contributed by atoms with Crippen molar-refractivity contribution in [1.82, 2.24) is 0 Å². The fraction of sp³-hybridized carbons (Fsp3) is 0.368. The number of anilines is 1. The molecule has 1 N–H and O–H groups in total. The lowest BCUT2D eigenvalue weighted by Gasteiger charge is -2.19. The van der Waals surface area contributed by atoms with Crippen LogP contribution in [0.1, 0.15) is 36.5 Å². The van der Waals surface area contributed by atoms with Gasteiger partial charge in [0.2, 0.25) is 0 Å². The highest BCUT2D eigenvalue weighted by Crippen LogP contribution is 2.26. The molecule has 2 heteroatoms. The number of aryl methyl sites for hydroxylation is 1. The summed E-state index contributed by atoms with van der Waals surface area (Å²) in [6.07, 6.45) is 4.39. The Kier molecular flexibility index (Phi) is 4.44. The SMILES string of the molecule is CCCOc1ccccc1Cc1ccc2c(c1)CCCN2. The minimum atomic E-state index is 0.783. The maximum atomic E-state index is 5.86. The molecule has 3 rings (SSSR count). The molecule has 21 heavy (non-hydrogen) atoms. The molecule has 0 amide bonds. The fourth-order valence-electron chi connectivity index (χ4n) is 2.86. The Labute approximate surface area is 127 Å². The first-order chi connectivity index (χ1) is 10.4. The smallest absolute Gasteiger partial charge is 0.122 e. The molecule has 0 atom stereocenters. The molecule has 2 aromatic rings. The Morgan fingerprint density at radius 2 is 2.05 bits per heavy atom. The molecular weight excluding hydrogens is 258 g/mol. The molecule has 0 saturated heterocycles. The van der Waals surface area contributed by atoms with E-state index in [1.54, 1.807) is 0 Å². The Morgan fingerprint density at radius 1 is 1.14 bits per heavy atom. The van der Waals surface area contributed by atoms with Crippen molar-refractivity contribution in [1.29, 1.82) is 0 Å². The van der Waals surface area contributed by atoms with E-state index in [9.17, 15) is 0 Å². The van der Waals surface area contributed by atoms with Crippen LogP contribution in [0.5, 0.6) is 5.75 Å². The van der Waals surface area contributed by atoms with Crippen molar-refractivity contribution in [2.75, 3.05) is 18.5 Å². The largest absolute Gasteiger partial charge is 0.493 e. The Morgan fingerprint density at radius 3 is 2.95 bits per heavy atom. The van der Waals surface area contributed by atoms with Gasteiger partial charge in [0.05, 0.1) is 6.61 Å². The number of hydrogen-bond acceptors (Lipinski definition) is 2. The van der Waals surface area contributed by atoms with Gasteiger partial charge in [0, 0.05) is 18.7 Å². The van der Waals surface area contributed by atoms with Crippen LogP contribution in [0.2, 0.25) is 0 Å². The van der Waals surface area contributed by atoms with Gasteiger partial charge in [-0.25, -0.2) is 0 Å². The van der Waals surface area contributed by atoms with E-state index in [4.69, 9.17) is 4.74 Å². The van der Waals surface area contributed by atoms with Crippen molar-refractivity contribution in [3.63, 3.8) is 0 Å². The average Bonchev–Trinajstić information content (AvgIpc) is 2.54. The van der Waals surface area contributed by atoms with E-state index in [1.807, 2.05) is 6.07 Å². The minimum absolute atomic E-state index is 0.783. The van der Waals surface area contributed by atoms with Gasteiger partial charge in [-0.2, -0.15) is 0 Å². The van der Waals surface area contributed by atoms with Gasteiger partial charge in [-0.15, -0.1) is 0 Å². The van der Waals surface area contributed by atoms with Gasteiger partial charge in [-0.1, -0.05) is 37.3 Å². The van der Waals surface area contributed by atoms with Crippen molar-refractivity contribution in [3.8, 4) is 5.75 Å². The molecular formula is C19H23NO. The minimum Gasteiger partial charge on any atom is -0.493 e. The number of para-hydroxylation sites is 1. The van der Waals surface area contributed by atoms with E-state index in [0.717, 1.165) is 31.7 Å². The third-order valence-corrected chi connectivity index (χ3v) is 3.94. The van der Waals surface area contributed by atoms with E-state index < -0.39 is 0 Å². The first-order valence-electron chi connectivity index (χ1n) is 7.93. The van der Waals surface area contributed by atoms with Crippen LogP contribution in [-0.2, 0) is 12.8 Å². The van der Waals surface area contributed by atoms with Gasteiger partial charge < -0.3 is 10.1 Å². The summed E-state index contributed by atoms with van der Waals surface area (Å²) in [6.45, 7) is 4.02.